The smallest absolute Gasteiger partial charge is 0.273 e. The fourth-order valence-corrected chi connectivity index (χ4v) is 2.99. The summed E-state index contributed by atoms with van der Waals surface area (Å²) in [6, 6.07) is 5.30. The maximum atomic E-state index is 12.3. The van der Waals surface area contributed by atoms with Crippen LogP contribution >= 0.6 is 11.3 Å². The number of hydrazone groups is 1. The van der Waals surface area contributed by atoms with Gasteiger partial charge in [-0.15, -0.1) is 10.2 Å². The van der Waals surface area contributed by atoms with Gasteiger partial charge in [0.05, 0.1) is 18.4 Å². The molecule has 2 rings (SSSR count). The highest BCUT2D eigenvalue weighted by Crippen LogP contribution is 2.20. The van der Waals surface area contributed by atoms with Crippen molar-refractivity contribution in [1.82, 2.24) is 20.5 Å². The first kappa shape index (κ1) is 22.3. The second-order valence-electron chi connectivity index (χ2n) is 5.75. The molecule has 0 aliphatic rings. The van der Waals surface area contributed by atoms with Crippen LogP contribution in [0.1, 0.15) is 28.3 Å². The Labute approximate surface area is 178 Å². The lowest BCUT2D eigenvalue weighted by Crippen LogP contribution is -2.32. The van der Waals surface area contributed by atoms with Crippen molar-refractivity contribution in [3.8, 4) is 6.07 Å². The zero-order valence-electron chi connectivity index (χ0n) is 16.5. The summed E-state index contributed by atoms with van der Waals surface area (Å²) in [7, 11) is 0. The van der Waals surface area contributed by atoms with Crippen molar-refractivity contribution in [2.45, 2.75) is 20.4 Å². The zero-order valence-corrected chi connectivity index (χ0v) is 17.3. The van der Waals surface area contributed by atoms with Gasteiger partial charge in [-0.1, -0.05) is 42.2 Å². The third-order valence-electron chi connectivity index (χ3n) is 3.57. The number of hydrogen-bond acceptors (Lipinski definition) is 9. The number of carbonyl (C=O) groups is 1. The van der Waals surface area contributed by atoms with E-state index in [4.69, 9.17) is 11.1 Å². The van der Waals surface area contributed by atoms with Crippen molar-refractivity contribution >= 4 is 40.4 Å². The third-order valence-corrected chi connectivity index (χ3v) is 4.55. The van der Waals surface area contributed by atoms with E-state index in [1.165, 1.54) is 17.6 Å². The number of nitrogens with two attached hydrogens (primary N) is 1. The van der Waals surface area contributed by atoms with Crippen LogP contribution in [0.15, 0.2) is 53.1 Å². The molecule has 2 heterocycles. The minimum absolute atomic E-state index is 0.106. The van der Waals surface area contributed by atoms with Crippen LogP contribution in [-0.2, 0) is 11.3 Å². The lowest BCUT2D eigenvalue weighted by molar-refractivity contribution is -0.114. The largest absolute Gasteiger partial charge is 0.344 e. The van der Waals surface area contributed by atoms with E-state index in [0.717, 1.165) is 5.57 Å². The van der Waals surface area contributed by atoms with Crippen molar-refractivity contribution in [2.75, 3.05) is 0 Å². The summed E-state index contributed by atoms with van der Waals surface area (Å²) in [5, 5.41) is 24.8. The molecule has 0 spiro atoms. The van der Waals surface area contributed by atoms with Gasteiger partial charge in [-0.2, -0.15) is 10.4 Å². The quantitative estimate of drug-likeness (QED) is 0.291. The molecular weight excluding hydrogens is 400 g/mol. The van der Waals surface area contributed by atoms with Gasteiger partial charge < -0.3 is 11.2 Å². The van der Waals surface area contributed by atoms with Crippen LogP contribution in [0.2, 0.25) is 0 Å². The number of aliphatic imine (C=N–C) groups is 1. The lowest BCUT2D eigenvalue weighted by Gasteiger charge is -2.02. The predicted octanol–water partition coefficient (Wildman–Crippen LogP) is 2.59. The molecule has 0 aliphatic carbocycles. The summed E-state index contributed by atoms with van der Waals surface area (Å²) < 4.78 is 0. The number of aryl methyl sites for hydroxylation is 1. The number of pyridine rings is 1. The van der Waals surface area contributed by atoms with Crippen molar-refractivity contribution in [3.05, 3.63) is 64.4 Å². The number of aromatic nitrogens is 3. The molecule has 152 valence electrons. The normalized spacial score (nSPS) is 12.3. The SMILES string of the molecule is C=C/C=C(\C=C/C)c1nnc(CNC(=O)/C(C=Nc2ccc(C)nc2C#N)=N/N)s1. The molecule has 1 amide bonds. The molecule has 30 heavy (non-hydrogen) atoms. The first-order valence-corrected chi connectivity index (χ1v) is 9.60. The lowest BCUT2D eigenvalue weighted by atomic mass is 10.2. The van der Waals surface area contributed by atoms with Gasteiger partial charge in [0.25, 0.3) is 5.91 Å². The molecule has 0 aromatic carbocycles. The number of allylic oxidation sites excluding steroid dienone is 5. The number of nitriles is 1. The van der Waals surface area contributed by atoms with Gasteiger partial charge in [-0.05, 0) is 26.0 Å². The Bertz CT molecular complexity index is 1090. The van der Waals surface area contributed by atoms with Crippen molar-refractivity contribution in [2.24, 2.45) is 15.9 Å². The first-order chi connectivity index (χ1) is 14.5. The molecule has 0 saturated heterocycles. The average molecular weight is 421 g/mol. The van der Waals surface area contributed by atoms with E-state index in [1.54, 1.807) is 25.1 Å². The summed E-state index contributed by atoms with van der Waals surface area (Å²) in [6.45, 7) is 7.51. The van der Waals surface area contributed by atoms with Crippen LogP contribution < -0.4 is 11.2 Å². The molecule has 9 nitrogen and oxygen atoms in total. The van der Waals surface area contributed by atoms with E-state index in [2.05, 4.69) is 37.2 Å². The maximum absolute atomic E-state index is 12.3. The second-order valence-corrected chi connectivity index (χ2v) is 6.81. The number of rotatable bonds is 8. The Hall–Kier alpha value is -3.97. The van der Waals surface area contributed by atoms with E-state index >= 15 is 0 Å². The van der Waals surface area contributed by atoms with Gasteiger partial charge in [-0.3, -0.25) is 9.79 Å². The molecule has 0 unspecified atom stereocenters. The highest BCUT2D eigenvalue weighted by Gasteiger charge is 2.12. The summed E-state index contributed by atoms with van der Waals surface area (Å²) in [5.41, 5.74) is 1.92. The van der Waals surface area contributed by atoms with Crippen LogP contribution in [-0.4, -0.2) is 33.0 Å². The molecule has 2 aromatic rings. The standard InChI is InChI=1S/C20H20N8OS/c1-4-6-14(7-5-2)20-28-27-18(30-20)12-24-19(29)17(26-22)11-23-15-9-8-13(3)25-16(15)10-21/h4-9,11H,1,12,22H2,2-3H3,(H,24,29)/b7-5-,14-6+,23-11?,26-17+. The van der Waals surface area contributed by atoms with Gasteiger partial charge in [0.1, 0.15) is 16.1 Å². The maximum Gasteiger partial charge on any atom is 0.273 e. The Kier molecular flexibility index (Phi) is 8.28. The van der Waals surface area contributed by atoms with Crippen LogP contribution in [0.3, 0.4) is 0 Å². The highest BCUT2D eigenvalue weighted by atomic mass is 32.1. The fraction of sp³-hybridized carbons (Fsp3) is 0.150. The van der Waals surface area contributed by atoms with E-state index in [1.807, 2.05) is 31.2 Å². The second kappa shape index (κ2) is 11.1. The molecule has 0 aliphatic heterocycles. The monoisotopic (exact) mass is 420 g/mol. The Morgan fingerprint density at radius 1 is 1.43 bits per heavy atom. The minimum Gasteiger partial charge on any atom is -0.344 e. The first-order valence-electron chi connectivity index (χ1n) is 8.78. The molecule has 0 radical (unpaired) electrons. The van der Waals surface area contributed by atoms with E-state index in [9.17, 15) is 4.79 Å². The topological polar surface area (TPSA) is 142 Å². The average Bonchev–Trinajstić information content (AvgIpc) is 3.22. The van der Waals surface area contributed by atoms with Crippen LogP contribution in [0.5, 0.6) is 0 Å². The van der Waals surface area contributed by atoms with Gasteiger partial charge in [0.15, 0.2) is 11.4 Å². The van der Waals surface area contributed by atoms with Crippen molar-refractivity contribution < 1.29 is 4.79 Å². The molecule has 0 bridgehead atoms. The molecular formula is C20H20N8OS. The minimum atomic E-state index is -0.535. The van der Waals surface area contributed by atoms with Crippen LogP contribution in [0.25, 0.3) is 5.57 Å². The van der Waals surface area contributed by atoms with Gasteiger partial charge in [-0.25, -0.2) is 4.98 Å². The number of carbonyl (C=O) groups excluding carboxylic acids is 1. The molecule has 0 fully saturated rings. The highest BCUT2D eigenvalue weighted by molar-refractivity contribution is 7.12. The number of nitrogens with zero attached hydrogens (tertiary/aromatic N) is 6. The number of nitrogens with one attached hydrogen (secondary N) is 1. The van der Waals surface area contributed by atoms with Crippen molar-refractivity contribution in [1.29, 1.82) is 5.26 Å². The Morgan fingerprint density at radius 3 is 2.90 bits per heavy atom. The zero-order chi connectivity index (χ0) is 21.9. The van der Waals surface area contributed by atoms with Crippen LogP contribution in [0.4, 0.5) is 5.69 Å². The molecule has 10 heteroatoms. The Morgan fingerprint density at radius 2 is 2.23 bits per heavy atom. The van der Waals surface area contributed by atoms with Crippen molar-refractivity contribution in [3.63, 3.8) is 0 Å². The summed E-state index contributed by atoms with van der Waals surface area (Å²) in [5.74, 6) is 4.78. The summed E-state index contributed by atoms with van der Waals surface area (Å²) in [6.07, 6.45) is 8.47. The molecule has 3 N–H and O–H groups in total. The fourth-order valence-electron chi connectivity index (χ4n) is 2.21. The van der Waals surface area contributed by atoms with Gasteiger partial charge in [0, 0.05) is 11.3 Å². The molecule has 2 aromatic heterocycles. The van der Waals surface area contributed by atoms with Gasteiger partial charge in [0.2, 0.25) is 0 Å². The third kappa shape index (κ3) is 6.02. The molecule has 0 atom stereocenters. The molecule has 0 saturated carbocycles. The number of amides is 1. The summed E-state index contributed by atoms with van der Waals surface area (Å²) >= 11 is 1.35. The van der Waals surface area contributed by atoms with E-state index in [0.29, 0.717) is 21.4 Å². The van der Waals surface area contributed by atoms with E-state index < -0.39 is 5.91 Å². The van der Waals surface area contributed by atoms with E-state index in [-0.39, 0.29) is 18.0 Å². The van der Waals surface area contributed by atoms with Gasteiger partial charge >= 0.3 is 0 Å². The van der Waals surface area contributed by atoms with Crippen LogP contribution in [0, 0.1) is 18.3 Å². The predicted molar refractivity (Wildman–Crippen MR) is 118 cm³/mol. The summed E-state index contributed by atoms with van der Waals surface area (Å²) in [4.78, 5) is 20.5. The number of hydrogen-bond donors (Lipinski definition) is 2. The Balaban J connectivity index is 2.06.